The molecule has 27 heavy (non-hydrogen) atoms. The quantitative estimate of drug-likeness (QED) is 0.759. The highest BCUT2D eigenvalue weighted by molar-refractivity contribution is 6.11. The molecule has 0 fully saturated rings. The van der Waals surface area contributed by atoms with E-state index in [-0.39, 0.29) is 18.4 Å². The third kappa shape index (κ3) is 3.35. The highest BCUT2D eigenvalue weighted by Crippen LogP contribution is 2.30. The van der Waals surface area contributed by atoms with Gasteiger partial charge in [0.25, 0.3) is 5.91 Å². The Kier molecular flexibility index (Phi) is 4.25. The normalized spacial score (nSPS) is 13.0. The van der Waals surface area contributed by atoms with Crippen LogP contribution < -0.4 is 5.32 Å². The van der Waals surface area contributed by atoms with Gasteiger partial charge in [0.05, 0.1) is 6.54 Å². The molecule has 0 unspecified atom stereocenters. The third-order valence-corrected chi connectivity index (χ3v) is 4.36. The molecule has 7 heteroatoms. The van der Waals surface area contributed by atoms with Gasteiger partial charge in [-0.2, -0.15) is 5.10 Å². The number of carbonyl (C=O) groups is 2. The summed E-state index contributed by atoms with van der Waals surface area (Å²) < 4.78 is 1.70. The van der Waals surface area contributed by atoms with Gasteiger partial charge >= 0.3 is 0 Å². The molecule has 1 N–H and O–H groups in total. The molecule has 0 spiro atoms. The first-order chi connectivity index (χ1) is 13.1. The number of hydrogen-bond donors (Lipinski definition) is 1. The summed E-state index contributed by atoms with van der Waals surface area (Å²) in [4.78, 5) is 30.3. The Hall–Kier alpha value is -3.74. The van der Waals surface area contributed by atoms with Crippen LogP contribution in [0.15, 0.2) is 67.8 Å². The van der Waals surface area contributed by atoms with Crippen molar-refractivity contribution in [2.75, 3.05) is 11.9 Å². The molecule has 2 amide bonds. The first-order valence-electron chi connectivity index (χ1n) is 8.43. The van der Waals surface area contributed by atoms with Crippen LogP contribution in [0.2, 0.25) is 0 Å². The Morgan fingerprint density at radius 2 is 1.93 bits per heavy atom. The molecule has 0 radical (unpaired) electrons. The maximum Gasteiger partial charge on any atom is 0.259 e. The molecule has 0 saturated carbocycles. The summed E-state index contributed by atoms with van der Waals surface area (Å²) in [5, 5.41) is 6.91. The van der Waals surface area contributed by atoms with E-state index < -0.39 is 0 Å². The fourth-order valence-electron chi connectivity index (χ4n) is 3.09. The second-order valence-corrected chi connectivity index (χ2v) is 6.23. The smallest absolute Gasteiger partial charge is 0.259 e. The average molecular weight is 359 g/mol. The summed E-state index contributed by atoms with van der Waals surface area (Å²) in [7, 11) is 0. The van der Waals surface area contributed by atoms with Crippen molar-refractivity contribution in [3.63, 3.8) is 0 Å². The lowest BCUT2D eigenvalue weighted by atomic mass is 10.1. The molecule has 0 atom stereocenters. The molecule has 4 rings (SSSR count). The van der Waals surface area contributed by atoms with Crippen LogP contribution >= 0.6 is 0 Å². The van der Waals surface area contributed by atoms with Gasteiger partial charge < -0.3 is 5.32 Å². The molecule has 1 aliphatic heterocycles. The minimum atomic E-state index is -0.282. The molecule has 2 heterocycles. The van der Waals surface area contributed by atoms with E-state index in [1.54, 1.807) is 29.2 Å². The van der Waals surface area contributed by atoms with Crippen molar-refractivity contribution in [1.82, 2.24) is 19.7 Å². The van der Waals surface area contributed by atoms with E-state index in [4.69, 9.17) is 0 Å². The summed E-state index contributed by atoms with van der Waals surface area (Å²) in [6, 6.07) is 14.7. The SMILES string of the molecule is C=C1c2ccccc2C(=O)N1CC(=O)Nc1cccc(Cn2cncn2)c1. The van der Waals surface area contributed by atoms with Gasteiger partial charge in [0.15, 0.2) is 0 Å². The predicted octanol–water partition coefficient (Wildman–Crippen LogP) is 2.39. The van der Waals surface area contributed by atoms with E-state index in [9.17, 15) is 9.59 Å². The number of nitrogens with zero attached hydrogens (tertiary/aromatic N) is 4. The first-order valence-corrected chi connectivity index (χ1v) is 8.43. The monoisotopic (exact) mass is 359 g/mol. The second-order valence-electron chi connectivity index (χ2n) is 6.23. The summed E-state index contributed by atoms with van der Waals surface area (Å²) >= 11 is 0. The van der Waals surface area contributed by atoms with Gasteiger partial charge in [-0.1, -0.05) is 36.9 Å². The lowest BCUT2D eigenvalue weighted by molar-refractivity contribution is -0.116. The Labute approximate surface area is 155 Å². The third-order valence-electron chi connectivity index (χ3n) is 4.36. The Bertz CT molecular complexity index is 991. The molecule has 0 bridgehead atoms. The number of rotatable bonds is 5. The van der Waals surface area contributed by atoms with E-state index in [1.165, 1.54) is 11.2 Å². The van der Waals surface area contributed by atoms with Gasteiger partial charge in [0.2, 0.25) is 5.91 Å². The van der Waals surface area contributed by atoms with Crippen LogP contribution in [-0.2, 0) is 11.3 Å². The van der Waals surface area contributed by atoms with Crippen molar-refractivity contribution in [1.29, 1.82) is 0 Å². The van der Waals surface area contributed by atoms with Crippen LogP contribution in [0.25, 0.3) is 5.70 Å². The minimum absolute atomic E-state index is 0.0837. The molecule has 7 nitrogen and oxygen atoms in total. The number of fused-ring (bicyclic) bond motifs is 1. The number of anilines is 1. The Morgan fingerprint density at radius 1 is 1.11 bits per heavy atom. The van der Waals surface area contributed by atoms with Crippen LogP contribution in [0.1, 0.15) is 21.5 Å². The lowest BCUT2D eigenvalue weighted by Gasteiger charge is -2.17. The van der Waals surface area contributed by atoms with Gasteiger partial charge in [-0.25, -0.2) is 9.67 Å². The molecule has 1 aromatic heterocycles. The van der Waals surface area contributed by atoms with Gasteiger partial charge in [-0.15, -0.1) is 0 Å². The van der Waals surface area contributed by atoms with Gasteiger partial charge in [0, 0.05) is 22.5 Å². The Balaban J connectivity index is 1.43. The second kappa shape index (κ2) is 6.87. The summed E-state index contributed by atoms with van der Waals surface area (Å²) in [5.74, 6) is -0.485. The van der Waals surface area contributed by atoms with Crippen molar-refractivity contribution in [2.45, 2.75) is 6.54 Å². The number of nitrogens with one attached hydrogen (secondary N) is 1. The number of aromatic nitrogens is 3. The van der Waals surface area contributed by atoms with E-state index in [0.717, 1.165) is 11.1 Å². The number of hydrogen-bond acceptors (Lipinski definition) is 4. The number of carbonyl (C=O) groups excluding carboxylic acids is 2. The van der Waals surface area contributed by atoms with Gasteiger partial charge in [-0.3, -0.25) is 14.5 Å². The summed E-state index contributed by atoms with van der Waals surface area (Å²) in [6.07, 6.45) is 3.11. The van der Waals surface area contributed by atoms with Crippen molar-refractivity contribution in [3.05, 3.63) is 84.5 Å². The molecule has 3 aromatic rings. The van der Waals surface area contributed by atoms with Crippen LogP contribution in [0.3, 0.4) is 0 Å². The first kappa shape index (κ1) is 16.7. The predicted molar refractivity (Wildman–Crippen MR) is 101 cm³/mol. The highest BCUT2D eigenvalue weighted by atomic mass is 16.2. The van der Waals surface area contributed by atoms with E-state index in [1.807, 2.05) is 30.3 Å². The van der Waals surface area contributed by atoms with Crippen LogP contribution in [-0.4, -0.2) is 38.0 Å². The van der Waals surface area contributed by atoms with Crippen LogP contribution in [0.4, 0.5) is 5.69 Å². The van der Waals surface area contributed by atoms with Crippen LogP contribution in [0, 0.1) is 0 Å². The van der Waals surface area contributed by atoms with Gasteiger partial charge in [0.1, 0.15) is 19.2 Å². The van der Waals surface area contributed by atoms with Crippen molar-refractivity contribution in [2.24, 2.45) is 0 Å². The minimum Gasteiger partial charge on any atom is -0.325 e. The molecular formula is C20H17N5O2. The maximum absolute atomic E-state index is 12.5. The zero-order chi connectivity index (χ0) is 18.8. The fourth-order valence-corrected chi connectivity index (χ4v) is 3.09. The van der Waals surface area contributed by atoms with E-state index >= 15 is 0 Å². The highest BCUT2D eigenvalue weighted by Gasteiger charge is 2.31. The largest absolute Gasteiger partial charge is 0.325 e. The van der Waals surface area contributed by atoms with E-state index in [2.05, 4.69) is 22.0 Å². The lowest BCUT2D eigenvalue weighted by Crippen LogP contribution is -2.32. The standard InChI is InChI=1S/C20H17N5O2/c1-14-17-7-2-3-8-18(17)20(27)25(14)11-19(26)23-16-6-4-5-15(9-16)10-24-13-21-12-22-24/h2-9,12-13H,1,10-11H2,(H,23,26). The number of benzene rings is 2. The number of amides is 2. The van der Waals surface area contributed by atoms with Crippen LogP contribution in [0.5, 0.6) is 0 Å². The molecule has 2 aromatic carbocycles. The molecule has 1 aliphatic rings. The molecule has 134 valence electrons. The van der Waals surface area contributed by atoms with Gasteiger partial charge in [-0.05, 0) is 23.8 Å². The maximum atomic E-state index is 12.5. The Morgan fingerprint density at radius 3 is 2.67 bits per heavy atom. The van der Waals surface area contributed by atoms with E-state index in [0.29, 0.717) is 23.5 Å². The van der Waals surface area contributed by atoms with Crippen molar-refractivity contribution in [3.8, 4) is 0 Å². The van der Waals surface area contributed by atoms with Crippen molar-refractivity contribution < 1.29 is 9.59 Å². The summed E-state index contributed by atoms with van der Waals surface area (Å²) in [5.41, 5.74) is 3.53. The topological polar surface area (TPSA) is 80.1 Å². The fraction of sp³-hybridized carbons (Fsp3) is 0.100. The molecule has 0 saturated heterocycles. The average Bonchev–Trinajstić information content (AvgIpc) is 3.25. The molecular weight excluding hydrogens is 342 g/mol. The molecule has 0 aliphatic carbocycles. The zero-order valence-corrected chi connectivity index (χ0v) is 14.5. The zero-order valence-electron chi connectivity index (χ0n) is 14.5. The van der Waals surface area contributed by atoms with Crippen molar-refractivity contribution >= 4 is 23.2 Å². The summed E-state index contributed by atoms with van der Waals surface area (Å²) in [6.45, 7) is 4.43.